The minimum absolute atomic E-state index is 0.637. The SMILES string of the molecule is Clc1cccc(N=Nc2c(-c3cccs3)nc3ccccn23)c1. The van der Waals surface area contributed by atoms with E-state index in [1.807, 2.05) is 64.5 Å². The van der Waals surface area contributed by atoms with E-state index in [2.05, 4.69) is 15.2 Å². The van der Waals surface area contributed by atoms with E-state index < -0.39 is 0 Å². The molecule has 0 radical (unpaired) electrons. The van der Waals surface area contributed by atoms with Crippen molar-refractivity contribution >= 4 is 40.1 Å². The normalized spacial score (nSPS) is 11.5. The summed E-state index contributed by atoms with van der Waals surface area (Å²) in [5.74, 6) is 0.711. The summed E-state index contributed by atoms with van der Waals surface area (Å²) in [4.78, 5) is 5.74. The summed E-state index contributed by atoms with van der Waals surface area (Å²) in [6.07, 6.45) is 1.94. The molecule has 0 bridgehead atoms. The number of fused-ring (bicyclic) bond motifs is 1. The van der Waals surface area contributed by atoms with Gasteiger partial charge in [-0.15, -0.1) is 21.6 Å². The van der Waals surface area contributed by atoms with Gasteiger partial charge in [0.2, 0.25) is 0 Å². The second-order valence-corrected chi connectivity index (χ2v) is 6.25. The zero-order chi connectivity index (χ0) is 15.6. The van der Waals surface area contributed by atoms with Gasteiger partial charge in [0.05, 0.1) is 10.6 Å². The van der Waals surface area contributed by atoms with Crippen LogP contribution in [0.4, 0.5) is 11.5 Å². The number of hydrogen-bond donors (Lipinski definition) is 0. The van der Waals surface area contributed by atoms with E-state index in [4.69, 9.17) is 11.6 Å². The minimum atomic E-state index is 0.637. The van der Waals surface area contributed by atoms with Gasteiger partial charge >= 0.3 is 0 Å². The first-order valence-electron chi connectivity index (χ1n) is 6.99. The predicted molar refractivity (Wildman–Crippen MR) is 94.1 cm³/mol. The average Bonchev–Trinajstić information content (AvgIpc) is 3.20. The van der Waals surface area contributed by atoms with Crippen LogP contribution < -0.4 is 0 Å². The highest BCUT2D eigenvalue weighted by Crippen LogP contribution is 2.34. The monoisotopic (exact) mass is 338 g/mol. The first-order valence-corrected chi connectivity index (χ1v) is 8.25. The van der Waals surface area contributed by atoms with E-state index in [1.165, 1.54) is 0 Å². The quantitative estimate of drug-likeness (QED) is 0.414. The Kier molecular flexibility index (Phi) is 3.65. The molecule has 0 saturated carbocycles. The van der Waals surface area contributed by atoms with Crippen molar-refractivity contribution in [2.24, 2.45) is 10.2 Å². The molecule has 3 aromatic heterocycles. The molecule has 0 aliphatic heterocycles. The number of thiophene rings is 1. The molecule has 4 nitrogen and oxygen atoms in total. The van der Waals surface area contributed by atoms with Crippen LogP contribution in [-0.4, -0.2) is 9.38 Å². The topological polar surface area (TPSA) is 42.0 Å². The van der Waals surface area contributed by atoms with Crippen LogP contribution in [0.1, 0.15) is 0 Å². The first kappa shape index (κ1) is 14.1. The number of benzene rings is 1. The van der Waals surface area contributed by atoms with Crippen LogP contribution in [0.2, 0.25) is 5.02 Å². The minimum Gasteiger partial charge on any atom is -0.283 e. The molecule has 3 heterocycles. The maximum absolute atomic E-state index is 6.00. The van der Waals surface area contributed by atoms with Gasteiger partial charge in [-0.3, -0.25) is 4.40 Å². The van der Waals surface area contributed by atoms with E-state index in [0.29, 0.717) is 16.5 Å². The maximum atomic E-state index is 6.00. The summed E-state index contributed by atoms with van der Waals surface area (Å²) in [5, 5.41) is 11.4. The van der Waals surface area contributed by atoms with E-state index in [-0.39, 0.29) is 0 Å². The zero-order valence-electron chi connectivity index (χ0n) is 11.9. The third-order valence-corrected chi connectivity index (χ3v) is 4.44. The number of nitrogens with zero attached hydrogens (tertiary/aromatic N) is 4. The molecule has 0 aliphatic carbocycles. The number of pyridine rings is 1. The third-order valence-electron chi connectivity index (χ3n) is 3.33. The lowest BCUT2D eigenvalue weighted by molar-refractivity contribution is 1.11. The van der Waals surface area contributed by atoms with Gasteiger partial charge in [-0.05, 0) is 41.8 Å². The molecule has 0 fully saturated rings. The van der Waals surface area contributed by atoms with E-state index in [0.717, 1.165) is 16.2 Å². The molecule has 112 valence electrons. The molecule has 4 rings (SSSR count). The molecule has 0 spiro atoms. The molecule has 4 aromatic rings. The van der Waals surface area contributed by atoms with Gasteiger partial charge in [0, 0.05) is 11.2 Å². The highest BCUT2D eigenvalue weighted by atomic mass is 35.5. The van der Waals surface area contributed by atoms with Crippen molar-refractivity contribution in [3.8, 4) is 10.6 Å². The van der Waals surface area contributed by atoms with E-state index in [9.17, 15) is 0 Å². The first-order chi connectivity index (χ1) is 11.3. The van der Waals surface area contributed by atoms with Gasteiger partial charge in [0.1, 0.15) is 11.3 Å². The van der Waals surface area contributed by atoms with Crippen molar-refractivity contribution in [1.29, 1.82) is 0 Å². The zero-order valence-corrected chi connectivity index (χ0v) is 13.5. The fourth-order valence-corrected chi connectivity index (χ4v) is 3.19. The van der Waals surface area contributed by atoms with Crippen LogP contribution in [0, 0.1) is 0 Å². The molecule has 0 N–H and O–H groups in total. The fourth-order valence-electron chi connectivity index (χ4n) is 2.30. The Morgan fingerprint density at radius 3 is 2.78 bits per heavy atom. The van der Waals surface area contributed by atoms with Crippen molar-refractivity contribution < 1.29 is 0 Å². The van der Waals surface area contributed by atoms with Crippen LogP contribution in [0.25, 0.3) is 16.2 Å². The largest absolute Gasteiger partial charge is 0.283 e. The average molecular weight is 339 g/mol. The van der Waals surface area contributed by atoms with Gasteiger partial charge in [-0.2, -0.15) is 0 Å². The summed E-state index contributed by atoms with van der Waals surface area (Å²) >= 11 is 7.63. The maximum Gasteiger partial charge on any atom is 0.188 e. The number of rotatable bonds is 3. The Morgan fingerprint density at radius 1 is 1.00 bits per heavy atom. The van der Waals surface area contributed by atoms with Crippen LogP contribution >= 0.6 is 22.9 Å². The summed E-state index contributed by atoms with van der Waals surface area (Å²) in [6.45, 7) is 0. The second-order valence-electron chi connectivity index (χ2n) is 4.87. The van der Waals surface area contributed by atoms with Crippen LogP contribution in [0.5, 0.6) is 0 Å². The second kappa shape index (κ2) is 5.95. The number of aromatic nitrogens is 2. The van der Waals surface area contributed by atoms with E-state index in [1.54, 1.807) is 17.4 Å². The number of azo groups is 1. The lowest BCUT2D eigenvalue weighted by atomic mass is 10.3. The number of imidazole rings is 1. The van der Waals surface area contributed by atoms with Crippen molar-refractivity contribution in [3.63, 3.8) is 0 Å². The third kappa shape index (κ3) is 2.76. The summed E-state index contributed by atoms with van der Waals surface area (Å²) < 4.78 is 1.93. The van der Waals surface area contributed by atoms with Gasteiger partial charge in [0.25, 0.3) is 0 Å². The Bertz CT molecular complexity index is 989. The summed E-state index contributed by atoms with van der Waals surface area (Å²) in [5.41, 5.74) is 2.38. The molecule has 23 heavy (non-hydrogen) atoms. The Balaban J connectivity index is 1.86. The number of hydrogen-bond acceptors (Lipinski definition) is 4. The smallest absolute Gasteiger partial charge is 0.188 e. The molecular formula is C17H11ClN4S. The van der Waals surface area contributed by atoms with Crippen molar-refractivity contribution in [2.45, 2.75) is 0 Å². The summed E-state index contributed by atoms with van der Waals surface area (Å²) in [7, 11) is 0. The van der Waals surface area contributed by atoms with Crippen LogP contribution in [0.3, 0.4) is 0 Å². The molecule has 0 saturated heterocycles. The summed E-state index contributed by atoms with van der Waals surface area (Å²) in [6, 6.07) is 17.2. The lowest BCUT2D eigenvalue weighted by Gasteiger charge is -1.97. The molecular weight excluding hydrogens is 328 g/mol. The number of halogens is 1. The van der Waals surface area contributed by atoms with E-state index >= 15 is 0 Å². The Labute approximate surface area is 141 Å². The highest BCUT2D eigenvalue weighted by Gasteiger charge is 2.14. The van der Waals surface area contributed by atoms with Crippen LogP contribution in [0.15, 0.2) is 76.4 Å². The highest BCUT2D eigenvalue weighted by molar-refractivity contribution is 7.13. The Morgan fingerprint density at radius 2 is 1.96 bits per heavy atom. The standard InChI is InChI=1S/C17H11ClN4S/c18-12-5-3-6-13(11-12)20-21-17-16(14-7-4-10-23-14)19-15-8-1-2-9-22(15)17/h1-11H. The lowest BCUT2D eigenvalue weighted by Crippen LogP contribution is -1.80. The molecule has 0 amide bonds. The van der Waals surface area contributed by atoms with Crippen molar-refractivity contribution in [2.75, 3.05) is 0 Å². The predicted octanol–water partition coefficient (Wildman–Crippen LogP) is 6.13. The molecule has 0 atom stereocenters. The van der Waals surface area contributed by atoms with Gasteiger partial charge < -0.3 is 0 Å². The fraction of sp³-hybridized carbons (Fsp3) is 0. The molecule has 6 heteroatoms. The van der Waals surface area contributed by atoms with Crippen molar-refractivity contribution in [3.05, 3.63) is 71.2 Å². The molecule has 1 aromatic carbocycles. The van der Waals surface area contributed by atoms with Crippen molar-refractivity contribution in [1.82, 2.24) is 9.38 Å². The van der Waals surface area contributed by atoms with Gasteiger partial charge in [-0.25, -0.2) is 4.98 Å². The molecule has 0 unspecified atom stereocenters. The van der Waals surface area contributed by atoms with Gasteiger partial charge in [-0.1, -0.05) is 29.8 Å². The van der Waals surface area contributed by atoms with Gasteiger partial charge in [0.15, 0.2) is 5.82 Å². The molecule has 0 aliphatic rings. The van der Waals surface area contributed by atoms with Crippen LogP contribution in [-0.2, 0) is 0 Å². The Hall–Kier alpha value is -2.50.